The minimum Gasteiger partial charge on any atom is -0.463 e. The number of imidazole rings is 1. The first-order chi connectivity index (χ1) is 13.6. The summed E-state index contributed by atoms with van der Waals surface area (Å²) < 4.78 is 22.6. The number of nitrogens with one attached hydrogen (secondary N) is 2. The predicted molar refractivity (Wildman–Crippen MR) is 92.6 cm³/mol. The molecule has 2 aromatic rings. The van der Waals surface area contributed by atoms with Gasteiger partial charge in [0.1, 0.15) is 25.6 Å². The molecule has 0 amide bonds. The molecule has 3 rings (SSSR count). The van der Waals surface area contributed by atoms with E-state index in [0.717, 1.165) is 20.2 Å². The highest BCUT2D eigenvalue weighted by Crippen LogP contribution is 2.37. The first-order valence-corrected chi connectivity index (χ1v) is 8.46. The SMILES string of the molecule is CC(=O)OC[C@@H]1OC[C@](OC(C)=O)(n2cnc3c(=O)[nH]c(=O)[nH]c32)[C@@H]1OC(C)=O. The van der Waals surface area contributed by atoms with E-state index in [-0.39, 0.29) is 24.4 Å². The Morgan fingerprint density at radius 2 is 1.93 bits per heavy atom. The summed E-state index contributed by atoms with van der Waals surface area (Å²) in [6.45, 7) is 2.82. The fourth-order valence-corrected chi connectivity index (χ4v) is 3.18. The van der Waals surface area contributed by atoms with Gasteiger partial charge in [0.25, 0.3) is 11.3 Å². The van der Waals surface area contributed by atoms with Gasteiger partial charge < -0.3 is 18.9 Å². The highest BCUT2D eigenvalue weighted by Gasteiger charge is 2.58. The van der Waals surface area contributed by atoms with Crippen molar-refractivity contribution in [1.29, 1.82) is 0 Å². The van der Waals surface area contributed by atoms with Crippen LogP contribution in [-0.2, 0) is 39.1 Å². The maximum Gasteiger partial charge on any atom is 0.327 e. The van der Waals surface area contributed by atoms with Crippen LogP contribution in [0.2, 0.25) is 0 Å². The molecule has 13 heteroatoms. The lowest BCUT2D eigenvalue weighted by molar-refractivity contribution is -0.196. The number of aromatic amines is 2. The van der Waals surface area contributed by atoms with Gasteiger partial charge >= 0.3 is 23.6 Å². The Labute approximate surface area is 161 Å². The molecule has 29 heavy (non-hydrogen) atoms. The van der Waals surface area contributed by atoms with E-state index in [0.29, 0.717) is 0 Å². The fourth-order valence-electron chi connectivity index (χ4n) is 3.18. The van der Waals surface area contributed by atoms with Gasteiger partial charge in [0.2, 0.25) is 0 Å². The molecule has 0 aromatic carbocycles. The van der Waals surface area contributed by atoms with Gasteiger partial charge in [-0.05, 0) is 0 Å². The lowest BCUT2D eigenvalue weighted by atomic mass is 10.0. The quantitative estimate of drug-likeness (QED) is 0.437. The normalized spacial score (nSPS) is 23.7. The summed E-state index contributed by atoms with van der Waals surface area (Å²) in [5.41, 5.74) is -3.61. The summed E-state index contributed by atoms with van der Waals surface area (Å²) in [7, 11) is 0. The molecule has 13 nitrogen and oxygen atoms in total. The van der Waals surface area contributed by atoms with Crippen molar-refractivity contribution in [2.75, 3.05) is 13.2 Å². The maximum atomic E-state index is 12.0. The summed E-state index contributed by atoms with van der Waals surface area (Å²) in [6.07, 6.45) is -1.12. The molecule has 1 aliphatic heterocycles. The Balaban J connectivity index is 2.18. The smallest absolute Gasteiger partial charge is 0.327 e. The van der Waals surface area contributed by atoms with Crippen molar-refractivity contribution in [2.24, 2.45) is 0 Å². The van der Waals surface area contributed by atoms with Crippen LogP contribution in [0.1, 0.15) is 20.8 Å². The molecule has 1 fully saturated rings. The minimum absolute atomic E-state index is 0.0751. The highest BCUT2D eigenvalue weighted by molar-refractivity contribution is 5.71. The van der Waals surface area contributed by atoms with Crippen LogP contribution in [0.5, 0.6) is 0 Å². The van der Waals surface area contributed by atoms with Crippen LogP contribution in [0, 0.1) is 0 Å². The van der Waals surface area contributed by atoms with Crippen molar-refractivity contribution < 1.29 is 33.3 Å². The Hall–Kier alpha value is -3.48. The second kappa shape index (κ2) is 7.50. The molecule has 0 bridgehead atoms. The molecule has 0 radical (unpaired) electrons. The van der Waals surface area contributed by atoms with Gasteiger partial charge in [-0.15, -0.1) is 0 Å². The Morgan fingerprint density at radius 1 is 1.21 bits per heavy atom. The molecule has 0 saturated carbocycles. The van der Waals surface area contributed by atoms with Crippen LogP contribution in [0.3, 0.4) is 0 Å². The summed E-state index contributed by atoms with van der Waals surface area (Å²) in [5, 5.41) is 0. The first kappa shape index (κ1) is 20.3. The zero-order valence-corrected chi connectivity index (χ0v) is 15.7. The van der Waals surface area contributed by atoms with Crippen molar-refractivity contribution in [3.63, 3.8) is 0 Å². The number of esters is 3. The van der Waals surface area contributed by atoms with E-state index >= 15 is 0 Å². The zero-order valence-electron chi connectivity index (χ0n) is 15.7. The lowest BCUT2D eigenvalue weighted by Gasteiger charge is -2.34. The zero-order chi connectivity index (χ0) is 21.3. The maximum absolute atomic E-state index is 12.0. The largest absolute Gasteiger partial charge is 0.463 e. The van der Waals surface area contributed by atoms with E-state index in [1.54, 1.807) is 0 Å². The third-order valence-corrected chi connectivity index (χ3v) is 4.20. The van der Waals surface area contributed by atoms with Crippen LogP contribution < -0.4 is 11.2 Å². The van der Waals surface area contributed by atoms with Crippen LogP contribution in [0.4, 0.5) is 0 Å². The number of hydrogen-bond acceptors (Lipinski definition) is 10. The second-order valence-corrected chi connectivity index (χ2v) is 6.34. The summed E-state index contributed by atoms with van der Waals surface area (Å²) in [6, 6.07) is 0. The number of fused-ring (bicyclic) bond motifs is 1. The summed E-state index contributed by atoms with van der Waals surface area (Å²) >= 11 is 0. The number of carbonyl (C=O) groups excluding carboxylic acids is 3. The molecule has 156 valence electrons. The third-order valence-electron chi connectivity index (χ3n) is 4.20. The number of H-pyrrole nitrogens is 2. The monoisotopic (exact) mass is 410 g/mol. The Morgan fingerprint density at radius 3 is 2.55 bits per heavy atom. The number of rotatable bonds is 5. The van der Waals surface area contributed by atoms with Crippen LogP contribution in [0.15, 0.2) is 15.9 Å². The van der Waals surface area contributed by atoms with E-state index in [4.69, 9.17) is 18.9 Å². The van der Waals surface area contributed by atoms with Crippen molar-refractivity contribution >= 4 is 29.1 Å². The molecular formula is C16H18N4O9. The molecule has 0 aliphatic carbocycles. The molecule has 0 spiro atoms. The fraction of sp³-hybridized carbons (Fsp3) is 0.500. The average molecular weight is 410 g/mol. The lowest BCUT2D eigenvalue weighted by Crippen LogP contribution is -2.52. The molecule has 3 atom stereocenters. The number of nitrogens with zero attached hydrogens (tertiary/aromatic N) is 2. The van der Waals surface area contributed by atoms with E-state index in [2.05, 4.69) is 9.97 Å². The van der Waals surface area contributed by atoms with Gasteiger partial charge in [0.15, 0.2) is 17.3 Å². The summed E-state index contributed by atoms with van der Waals surface area (Å²) in [4.78, 5) is 67.0. The van der Waals surface area contributed by atoms with Gasteiger partial charge in [0, 0.05) is 20.8 Å². The number of hydrogen-bond donors (Lipinski definition) is 2. The van der Waals surface area contributed by atoms with Crippen molar-refractivity contribution in [1.82, 2.24) is 19.5 Å². The van der Waals surface area contributed by atoms with Crippen molar-refractivity contribution in [2.45, 2.75) is 38.7 Å². The third kappa shape index (κ3) is 3.76. The molecule has 1 saturated heterocycles. The molecule has 3 heterocycles. The Kier molecular flexibility index (Phi) is 5.24. The first-order valence-electron chi connectivity index (χ1n) is 8.46. The van der Waals surface area contributed by atoms with Gasteiger partial charge in [-0.25, -0.2) is 9.78 Å². The molecule has 2 aromatic heterocycles. The standard InChI is InChI=1S/C16H18N4O9/c1-7(21)26-4-10-12(28-8(2)22)16(5-27-10,29-9(3)23)20-6-17-11-13(20)18-15(25)19-14(11)24/h6,10,12H,4-5H2,1-3H3,(H2,18,19,24,25)/t10-,12+,16+/m0/s1. The van der Waals surface area contributed by atoms with Gasteiger partial charge in [0.05, 0.1) is 0 Å². The van der Waals surface area contributed by atoms with E-state index in [1.165, 1.54) is 11.5 Å². The number of ether oxygens (including phenoxy) is 4. The van der Waals surface area contributed by atoms with Crippen molar-refractivity contribution in [3.8, 4) is 0 Å². The highest BCUT2D eigenvalue weighted by atomic mass is 16.7. The second-order valence-electron chi connectivity index (χ2n) is 6.34. The van der Waals surface area contributed by atoms with Crippen LogP contribution in [-0.4, -0.2) is 62.8 Å². The molecule has 1 aliphatic rings. The number of aromatic nitrogens is 4. The van der Waals surface area contributed by atoms with Gasteiger partial charge in [-0.1, -0.05) is 0 Å². The summed E-state index contributed by atoms with van der Waals surface area (Å²) in [5.74, 6) is -2.07. The van der Waals surface area contributed by atoms with Crippen molar-refractivity contribution in [3.05, 3.63) is 27.2 Å². The van der Waals surface area contributed by atoms with E-state index in [9.17, 15) is 24.0 Å². The number of carbonyl (C=O) groups is 3. The average Bonchev–Trinajstić information content (AvgIpc) is 3.15. The van der Waals surface area contributed by atoms with Crippen LogP contribution in [0.25, 0.3) is 11.2 Å². The van der Waals surface area contributed by atoms with E-state index < -0.39 is 47.1 Å². The van der Waals surface area contributed by atoms with Gasteiger partial charge in [-0.2, -0.15) is 0 Å². The van der Waals surface area contributed by atoms with Crippen LogP contribution >= 0.6 is 0 Å². The predicted octanol–water partition coefficient (Wildman–Crippen LogP) is -1.48. The molecular weight excluding hydrogens is 392 g/mol. The minimum atomic E-state index is -1.81. The van der Waals surface area contributed by atoms with Gasteiger partial charge in [-0.3, -0.25) is 33.7 Å². The van der Waals surface area contributed by atoms with E-state index in [1.807, 2.05) is 4.98 Å². The Bertz CT molecular complexity index is 1080. The topological polar surface area (TPSA) is 172 Å². The molecule has 0 unspecified atom stereocenters. The molecule has 2 N–H and O–H groups in total.